The molecule has 2 aliphatic rings. The molecule has 0 aliphatic carbocycles. The summed E-state index contributed by atoms with van der Waals surface area (Å²) in [5.41, 5.74) is -0.540. The molecular formula is C15H18F2N4O2. The first kappa shape index (κ1) is 15.8. The molecule has 2 amide bonds. The van der Waals surface area contributed by atoms with Crippen LogP contribution in [0.15, 0.2) is 12.4 Å². The Morgan fingerprint density at radius 2 is 2.00 bits per heavy atom. The largest absolute Gasteiger partial charge is 0.345 e. The quantitative estimate of drug-likeness (QED) is 0.776. The van der Waals surface area contributed by atoms with Crippen LogP contribution in [0.5, 0.6) is 0 Å². The van der Waals surface area contributed by atoms with Gasteiger partial charge in [-0.25, -0.2) is 13.8 Å². The van der Waals surface area contributed by atoms with Gasteiger partial charge in [-0.3, -0.25) is 14.6 Å². The van der Waals surface area contributed by atoms with Crippen LogP contribution in [0.25, 0.3) is 0 Å². The maximum Gasteiger partial charge on any atom is 0.274 e. The van der Waals surface area contributed by atoms with Crippen molar-refractivity contribution < 1.29 is 18.4 Å². The second kappa shape index (κ2) is 5.21. The van der Waals surface area contributed by atoms with Crippen molar-refractivity contribution in [1.29, 1.82) is 0 Å². The van der Waals surface area contributed by atoms with Gasteiger partial charge < -0.3 is 9.80 Å². The highest BCUT2D eigenvalue weighted by Crippen LogP contribution is 2.45. The minimum atomic E-state index is -3.09. The fraction of sp³-hybridized carbons (Fsp3) is 0.600. The van der Waals surface area contributed by atoms with Gasteiger partial charge in [0.05, 0.1) is 23.9 Å². The predicted molar refractivity (Wildman–Crippen MR) is 76.9 cm³/mol. The summed E-state index contributed by atoms with van der Waals surface area (Å²) in [5, 5.41) is 0. The summed E-state index contributed by atoms with van der Waals surface area (Å²) in [5.74, 6) is -4.02. The van der Waals surface area contributed by atoms with Crippen LogP contribution in [0.4, 0.5) is 8.78 Å². The Bertz CT molecular complexity index is 649. The molecule has 0 aromatic carbocycles. The van der Waals surface area contributed by atoms with Crippen LogP contribution in [0.3, 0.4) is 0 Å². The van der Waals surface area contributed by atoms with E-state index in [0.29, 0.717) is 18.7 Å². The van der Waals surface area contributed by atoms with E-state index >= 15 is 0 Å². The Balaban J connectivity index is 1.89. The first-order chi connectivity index (χ1) is 10.7. The van der Waals surface area contributed by atoms with E-state index in [1.807, 2.05) is 0 Å². The summed E-state index contributed by atoms with van der Waals surface area (Å²) in [6.07, 6.45) is 2.52. The standard InChI is InChI=1S/C15H18F2N4O2/c1-10-5-19-11(6-18-10)12(22)21-8-14(7-15(16,17)9-21)3-4-20(2)13(14)23/h5-6H,3-4,7-9H2,1-2H3. The van der Waals surface area contributed by atoms with E-state index in [1.54, 1.807) is 14.0 Å². The Kier molecular flexibility index (Phi) is 3.57. The highest BCUT2D eigenvalue weighted by molar-refractivity contribution is 5.93. The first-order valence-electron chi connectivity index (χ1n) is 7.44. The van der Waals surface area contributed by atoms with E-state index in [9.17, 15) is 18.4 Å². The molecule has 2 aliphatic heterocycles. The summed E-state index contributed by atoms with van der Waals surface area (Å²) in [7, 11) is 1.60. The third kappa shape index (κ3) is 2.77. The van der Waals surface area contributed by atoms with E-state index in [1.165, 1.54) is 17.3 Å². The third-order valence-electron chi connectivity index (χ3n) is 4.53. The number of hydrogen-bond donors (Lipinski definition) is 0. The zero-order valence-electron chi connectivity index (χ0n) is 13.1. The normalized spacial score (nSPS) is 26.9. The molecule has 6 nitrogen and oxygen atoms in total. The van der Waals surface area contributed by atoms with E-state index in [2.05, 4.69) is 9.97 Å². The molecular weight excluding hydrogens is 306 g/mol. The van der Waals surface area contributed by atoms with E-state index in [4.69, 9.17) is 0 Å². The molecule has 0 saturated carbocycles. The van der Waals surface area contributed by atoms with Crippen LogP contribution >= 0.6 is 0 Å². The number of aryl methyl sites for hydroxylation is 1. The number of halogens is 2. The zero-order chi connectivity index (χ0) is 16.8. The van der Waals surface area contributed by atoms with Gasteiger partial charge in [0.15, 0.2) is 0 Å². The Hall–Kier alpha value is -2.12. The summed E-state index contributed by atoms with van der Waals surface area (Å²) in [4.78, 5) is 35.3. The van der Waals surface area contributed by atoms with Gasteiger partial charge in [-0.05, 0) is 13.3 Å². The summed E-state index contributed by atoms with van der Waals surface area (Å²) < 4.78 is 28.4. The molecule has 3 rings (SSSR count). The van der Waals surface area contributed by atoms with Crippen LogP contribution in [-0.2, 0) is 4.79 Å². The summed E-state index contributed by atoms with van der Waals surface area (Å²) >= 11 is 0. The van der Waals surface area contributed by atoms with Gasteiger partial charge in [-0.15, -0.1) is 0 Å². The molecule has 1 unspecified atom stereocenters. The SMILES string of the molecule is Cc1cnc(C(=O)N2CC(F)(F)CC3(CCN(C)C3=O)C2)cn1. The van der Waals surface area contributed by atoms with Crippen molar-refractivity contribution in [3.05, 3.63) is 23.8 Å². The minimum absolute atomic E-state index is 0.000152. The predicted octanol–water partition coefficient (Wildman–Crippen LogP) is 1.11. The minimum Gasteiger partial charge on any atom is -0.345 e. The zero-order valence-corrected chi connectivity index (χ0v) is 13.1. The molecule has 8 heteroatoms. The summed E-state index contributed by atoms with van der Waals surface area (Å²) in [6, 6.07) is 0. The van der Waals surface area contributed by atoms with Crippen molar-refractivity contribution in [2.45, 2.75) is 25.7 Å². The Morgan fingerprint density at radius 3 is 2.57 bits per heavy atom. The van der Waals surface area contributed by atoms with Crippen LogP contribution in [0, 0.1) is 12.3 Å². The lowest BCUT2D eigenvalue weighted by atomic mass is 9.77. The summed E-state index contributed by atoms with van der Waals surface area (Å²) in [6.45, 7) is 1.46. The molecule has 23 heavy (non-hydrogen) atoms. The highest BCUT2D eigenvalue weighted by atomic mass is 19.3. The molecule has 1 aromatic heterocycles. The second-order valence-electron chi connectivity index (χ2n) is 6.49. The molecule has 124 valence electrons. The van der Waals surface area contributed by atoms with Crippen molar-refractivity contribution in [1.82, 2.24) is 19.8 Å². The number of nitrogens with zero attached hydrogens (tertiary/aromatic N) is 4. The molecule has 2 saturated heterocycles. The van der Waals surface area contributed by atoms with Crippen LogP contribution in [0.1, 0.15) is 29.0 Å². The van der Waals surface area contributed by atoms with E-state index in [-0.39, 0.29) is 18.1 Å². The number of rotatable bonds is 1. The molecule has 1 atom stereocenters. The van der Waals surface area contributed by atoms with Crippen LogP contribution in [0.2, 0.25) is 0 Å². The topological polar surface area (TPSA) is 66.4 Å². The van der Waals surface area contributed by atoms with Crippen molar-refractivity contribution in [2.75, 3.05) is 26.7 Å². The number of amides is 2. The number of alkyl halides is 2. The van der Waals surface area contributed by atoms with Gasteiger partial charge in [0.25, 0.3) is 11.8 Å². The molecule has 1 spiro atoms. The van der Waals surface area contributed by atoms with Gasteiger partial charge in [0.1, 0.15) is 5.69 Å². The fourth-order valence-corrected chi connectivity index (χ4v) is 3.42. The lowest BCUT2D eigenvalue weighted by Gasteiger charge is -2.42. The first-order valence-corrected chi connectivity index (χ1v) is 7.44. The van der Waals surface area contributed by atoms with Gasteiger partial charge >= 0.3 is 0 Å². The second-order valence-corrected chi connectivity index (χ2v) is 6.49. The smallest absolute Gasteiger partial charge is 0.274 e. The Labute approximate surface area is 132 Å². The number of piperidine rings is 1. The van der Waals surface area contributed by atoms with Gasteiger partial charge in [-0.1, -0.05) is 0 Å². The molecule has 0 bridgehead atoms. The maximum atomic E-state index is 14.2. The van der Waals surface area contributed by atoms with E-state index < -0.39 is 30.2 Å². The third-order valence-corrected chi connectivity index (χ3v) is 4.53. The molecule has 3 heterocycles. The van der Waals surface area contributed by atoms with Crippen molar-refractivity contribution in [2.24, 2.45) is 5.41 Å². The monoisotopic (exact) mass is 324 g/mol. The van der Waals surface area contributed by atoms with Gasteiger partial charge in [0.2, 0.25) is 5.91 Å². The Morgan fingerprint density at radius 1 is 1.26 bits per heavy atom. The highest BCUT2D eigenvalue weighted by Gasteiger charge is 2.57. The van der Waals surface area contributed by atoms with Gasteiger partial charge in [0, 0.05) is 32.8 Å². The maximum absolute atomic E-state index is 14.2. The lowest BCUT2D eigenvalue weighted by molar-refractivity contribution is -0.150. The average molecular weight is 324 g/mol. The number of likely N-dealkylation sites (tertiary alicyclic amines) is 2. The van der Waals surface area contributed by atoms with Crippen molar-refractivity contribution >= 4 is 11.8 Å². The number of carbonyl (C=O) groups is 2. The molecule has 0 N–H and O–H groups in total. The molecule has 0 radical (unpaired) electrons. The fourth-order valence-electron chi connectivity index (χ4n) is 3.42. The average Bonchev–Trinajstić information content (AvgIpc) is 2.74. The van der Waals surface area contributed by atoms with Crippen molar-refractivity contribution in [3.8, 4) is 0 Å². The molecule has 1 aromatic rings. The molecule has 2 fully saturated rings. The van der Waals surface area contributed by atoms with E-state index in [0.717, 1.165) is 4.90 Å². The van der Waals surface area contributed by atoms with Crippen molar-refractivity contribution in [3.63, 3.8) is 0 Å². The number of carbonyl (C=O) groups excluding carboxylic acids is 2. The van der Waals surface area contributed by atoms with Crippen LogP contribution < -0.4 is 0 Å². The van der Waals surface area contributed by atoms with Gasteiger partial charge in [-0.2, -0.15) is 0 Å². The number of hydrogen-bond acceptors (Lipinski definition) is 4. The number of aromatic nitrogens is 2. The lowest BCUT2D eigenvalue weighted by Crippen LogP contribution is -2.57. The van der Waals surface area contributed by atoms with Crippen LogP contribution in [-0.4, -0.2) is 64.2 Å².